The molecule has 1 fully saturated rings. The van der Waals surface area contributed by atoms with Crippen LogP contribution in [0.5, 0.6) is 11.5 Å². The second-order valence-electron chi connectivity index (χ2n) is 6.65. The molecule has 0 bridgehead atoms. The molecule has 140 valence electrons. The van der Waals surface area contributed by atoms with Crippen LogP contribution in [0.2, 0.25) is 0 Å². The Morgan fingerprint density at radius 1 is 1.12 bits per heavy atom. The number of nitrogens with one attached hydrogen (secondary N) is 1. The van der Waals surface area contributed by atoms with Gasteiger partial charge in [-0.25, -0.2) is 0 Å². The molecule has 0 aromatic heterocycles. The number of methoxy groups -OCH3 is 2. The molecule has 1 aliphatic heterocycles. The maximum atomic E-state index is 13.0. The lowest BCUT2D eigenvalue weighted by molar-refractivity contribution is -0.160. The molecule has 0 spiro atoms. The van der Waals surface area contributed by atoms with Gasteiger partial charge in [0.15, 0.2) is 5.92 Å². The van der Waals surface area contributed by atoms with Crippen LogP contribution in [0, 0.1) is 5.92 Å². The van der Waals surface area contributed by atoms with Gasteiger partial charge in [0.05, 0.1) is 20.1 Å². The van der Waals surface area contributed by atoms with Crippen molar-refractivity contribution in [3.05, 3.63) is 23.8 Å². The Morgan fingerprint density at radius 3 is 2.50 bits per heavy atom. The van der Waals surface area contributed by atoms with E-state index in [1.54, 1.807) is 18.2 Å². The smallest absolute Gasteiger partial charge is 0.326 e. The summed E-state index contributed by atoms with van der Waals surface area (Å²) in [4.78, 5) is 37.6. The normalized spacial score (nSPS) is 22.8. The molecule has 7 heteroatoms. The summed E-state index contributed by atoms with van der Waals surface area (Å²) in [6.45, 7) is 0. The van der Waals surface area contributed by atoms with Crippen LogP contribution in [-0.4, -0.2) is 38.1 Å². The van der Waals surface area contributed by atoms with Crippen molar-refractivity contribution in [1.29, 1.82) is 0 Å². The monoisotopic (exact) mass is 361 g/mol. The zero-order valence-corrected chi connectivity index (χ0v) is 14.9. The maximum Gasteiger partial charge on any atom is 0.326 e. The Bertz CT molecular complexity index is 710. The van der Waals surface area contributed by atoms with Gasteiger partial charge in [0, 0.05) is 17.7 Å². The molecule has 1 amide bonds. The lowest BCUT2D eigenvalue weighted by atomic mass is 9.82. The lowest BCUT2D eigenvalue weighted by Crippen LogP contribution is -2.47. The molecule has 1 heterocycles. The summed E-state index contributed by atoms with van der Waals surface area (Å²) in [6, 6.07) is 4.94. The quantitative estimate of drug-likeness (QED) is 0.501. The van der Waals surface area contributed by atoms with Crippen molar-refractivity contribution in [2.75, 3.05) is 14.2 Å². The summed E-state index contributed by atoms with van der Waals surface area (Å²) < 4.78 is 15.2. The largest absolute Gasteiger partial charge is 0.497 e. The molecule has 1 N–H and O–H groups in total. The summed E-state index contributed by atoms with van der Waals surface area (Å²) in [5, 5.41) is 3.00. The zero-order valence-electron chi connectivity index (χ0n) is 14.9. The average Bonchev–Trinajstić information content (AvgIpc) is 2.66. The van der Waals surface area contributed by atoms with E-state index in [4.69, 9.17) is 14.2 Å². The highest BCUT2D eigenvalue weighted by Crippen LogP contribution is 2.40. The Balaban J connectivity index is 1.94. The molecule has 7 nitrogen and oxygen atoms in total. The van der Waals surface area contributed by atoms with Crippen LogP contribution in [0.25, 0.3) is 0 Å². The molecule has 3 rings (SSSR count). The van der Waals surface area contributed by atoms with Gasteiger partial charge in [-0.1, -0.05) is 25.3 Å². The van der Waals surface area contributed by atoms with Gasteiger partial charge in [0.25, 0.3) is 0 Å². The molecule has 0 saturated heterocycles. The van der Waals surface area contributed by atoms with Gasteiger partial charge in [0.1, 0.15) is 11.5 Å². The highest BCUT2D eigenvalue weighted by atomic mass is 16.6. The number of ether oxygens (including phenoxy) is 3. The number of benzene rings is 1. The van der Waals surface area contributed by atoms with E-state index in [0.717, 1.165) is 32.1 Å². The van der Waals surface area contributed by atoms with Crippen molar-refractivity contribution in [1.82, 2.24) is 5.32 Å². The van der Waals surface area contributed by atoms with E-state index >= 15 is 0 Å². The molecule has 26 heavy (non-hydrogen) atoms. The molecule has 0 radical (unpaired) electrons. The highest BCUT2D eigenvalue weighted by Gasteiger charge is 2.47. The molecule has 2 unspecified atom stereocenters. The molecule has 1 aromatic carbocycles. The number of fused-ring (bicyclic) bond motifs is 1. The third-order valence-electron chi connectivity index (χ3n) is 5.04. The first-order valence-corrected chi connectivity index (χ1v) is 8.83. The van der Waals surface area contributed by atoms with E-state index in [0.29, 0.717) is 11.3 Å². The van der Waals surface area contributed by atoms with Gasteiger partial charge >= 0.3 is 11.9 Å². The fourth-order valence-electron chi connectivity index (χ4n) is 3.66. The van der Waals surface area contributed by atoms with E-state index in [1.807, 2.05) is 0 Å². The SMILES string of the molecule is COC(=O)C1C(=O)Oc2cc(OC)ccc2C1C(=O)NC1CCCCC1. The Labute approximate surface area is 152 Å². The second kappa shape index (κ2) is 7.76. The number of rotatable bonds is 4. The van der Waals surface area contributed by atoms with Crippen molar-refractivity contribution < 1.29 is 28.6 Å². The van der Waals surface area contributed by atoms with Gasteiger partial charge in [-0.15, -0.1) is 0 Å². The number of hydrogen-bond donors (Lipinski definition) is 1. The third-order valence-corrected chi connectivity index (χ3v) is 5.04. The predicted molar refractivity (Wildman–Crippen MR) is 91.9 cm³/mol. The molecule has 1 aromatic rings. The van der Waals surface area contributed by atoms with Crippen LogP contribution in [0.3, 0.4) is 0 Å². The standard InChI is InChI=1S/C19H23NO6/c1-24-12-8-9-13-14(10-12)26-19(23)16(18(22)25-2)15(13)17(21)20-11-6-4-3-5-7-11/h8-11,15-16H,3-7H2,1-2H3,(H,20,21). The van der Waals surface area contributed by atoms with Gasteiger partial charge in [-0.05, 0) is 18.9 Å². The Kier molecular flexibility index (Phi) is 5.44. The number of carbonyl (C=O) groups excluding carboxylic acids is 3. The Hall–Kier alpha value is -2.57. The fraction of sp³-hybridized carbons (Fsp3) is 0.526. The zero-order chi connectivity index (χ0) is 18.7. The van der Waals surface area contributed by atoms with E-state index < -0.39 is 23.8 Å². The van der Waals surface area contributed by atoms with Gasteiger partial charge in [0.2, 0.25) is 5.91 Å². The molecule has 1 aliphatic carbocycles. The summed E-state index contributed by atoms with van der Waals surface area (Å²) in [5.41, 5.74) is 0.481. The van der Waals surface area contributed by atoms with E-state index in [2.05, 4.69) is 5.32 Å². The topological polar surface area (TPSA) is 90.9 Å². The summed E-state index contributed by atoms with van der Waals surface area (Å²) in [5.74, 6) is -3.48. The summed E-state index contributed by atoms with van der Waals surface area (Å²) in [7, 11) is 2.69. The predicted octanol–water partition coefficient (Wildman–Crippen LogP) is 1.94. The average molecular weight is 361 g/mol. The molecular formula is C19H23NO6. The number of hydrogen-bond acceptors (Lipinski definition) is 6. The summed E-state index contributed by atoms with van der Waals surface area (Å²) >= 11 is 0. The van der Waals surface area contributed by atoms with Crippen LogP contribution in [0.15, 0.2) is 18.2 Å². The van der Waals surface area contributed by atoms with Crippen LogP contribution >= 0.6 is 0 Å². The van der Waals surface area contributed by atoms with E-state index in [9.17, 15) is 14.4 Å². The Morgan fingerprint density at radius 2 is 1.85 bits per heavy atom. The maximum absolute atomic E-state index is 13.0. The van der Waals surface area contributed by atoms with Gasteiger partial charge < -0.3 is 19.5 Å². The minimum atomic E-state index is -1.32. The van der Waals surface area contributed by atoms with Crippen molar-refractivity contribution in [3.63, 3.8) is 0 Å². The first kappa shape index (κ1) is 18.2. The van der Waals surface area contributed by atoms with Crippen LogP contribution in [0.1, 0.15) is 43.6 Å². The molecule has 1 saturated carbocycles. The van der Waals surface area contributed by atoms with Gasteiger partial charge in [-0.3, -0.25) is 14.4 Å². The minimum absolute atomic E-state index is 0.0641. The third kappa shape index (κ3) is 3.52. The van der Waals surface area contributed by atoms with E-state index in [1.165, 1.54) is 14.2 Å². The fourth-order valence-corrected chi connectivity index (χ4v) is 3.66. The first-order chi connectivity index (χ1) is 12.5. The summed E-state index contributed by atoms with van der Waals surface area (Å²) in [6.07, 6.45) is 5.09. The minimum Gasteiger partial charge on any atom is -0.497 e. The molecule has 2 atom stereocenters. The highest BCUT2D eigenvalue weighted by molar-refractivity contribution is 6.04. The number of esters is 2. The van der Waals surface area contributed by atoms with Crippen molar-refractivity contribution in [2.24, 2.45) is 5.92 Å². The number of carbonyl (C=O) groups is 3. The number of amides is 1. The van der Waals surface area contributed by atoms with Crippen molar-refractivity contribution in [3.8, 4) is 11.5 Å². The van der Waals surface area contributed by atoms with Crippen LogP contribution < -0.4 is 14.8 Å². The van der Waals surface area contributed by atoms with Gasteiger partial charge in [-0.2, -0.15) is 0 Å². The van der Waals surface area contributed by atoms with E-state index in [-0.39, 0.29) is 17.7 Å². The molecular weight excluding hydrogens is 338 g/mol. The molecule has 2 aliphatic rings. The van der Waals surface area contributed by atoms with Crippen LogP contribution in [-0.2, 0) is 19.1 Å². The second-order valence-corrected chi connectivity index (χ2v) is 6.65. The first-order valence-electron chi connectivity index (χ1n) is 8.83. The lowest BCUT2D eigenvalue weighted by Gasteiger charge is -2.31. The van der Waals surface area contributed by atoms with Crippen LogP contribution in [0.4, 0.5) is 0 Å². The van der Waals surface area contributed by atoms with Crippen molar-refractivity contribution >= 4 is 17.8 Å². The van der Waals surface area contributed by atoms with Crippen molar-refractivity contribution in [2.45, 2.75) is 44.1 Å².